The number of benzene rings is 1. The van der Waals surface area contributed by atoms with Crippen LogP contribution in [-0.2, 0) is 0 Å². The van der Waals surface area contributed by atoms with E-state index in [1.807, 2.05) is 0 Å². The van der Waals surface area contributed by atoms with E-state index in [1.165, 1.54) is 25.3 Å². The number of carboxylic acid groups (broad SMARTS) is 1. The first kappa shape index (κ1) is 11.1. The third-order valence-electron chi connectivity index (χ3n) is 2.39. The van der Waals surface area contributed by atoms with E-state index in [4.69, 9.17) is 9.52 Å². The fourth-order valence-electron chi connectivity index (χ4n) is 1.50. The van der Waals surface area contributed by atoms with Gasteiger partial charge in [-0.1, -0.05) is 12.1 Å². The van der Waals surface area contributed by atoms with E-state index in [9.17, 15) is 9.59 Å². The van der Waals surface area contributed by atoms with Crippen LogP contribution in [0.1, 0.15) is 27.8 Å². The molecule has 0 aliphatic rings. The molecule has 4 heteroatoms. The van der Waals surface area contributed by atoms with Gasteiger partial charge in [0.15, 0.2) is 11.5 Å². The summed E-state index contributed by atoms with van der Waals surface area (Å²) in [4.78, 5) is 21.9. The summed E-state index contributed by atoms with van der Waals surface area (Å²) in [5, 5.41) is 8.87. The molecule has 2 aromatic rings. The maximum Gasteiger partial charge on any atom is 0.335 e. The van der Waals surface area contributed by atoms with Gasteiger partial charge in [-0.15, -0.1) is 0 Å². The smallest absolute Gasteiger partial charge is 0.335 e. The monoisotopic (exact) mass is 230 g/mol. The van der Waals surface area contributed by atoms with Crippen molar-refractivity contribution in [3.8, 4) is 11.1 Å². The van der Waals surface area contributed by atoms with Crippen molar-refractivity contribution in [1.82, 2.24) is 0 Å². The van der Waals surface area contributed by atoms with E-state index < -0.39 is 5.97 Å². The number of hydrogen-bond donors (Lipinski definition) is 1. The number of carbonyl (C=O) groups is 2. The summed E-state index contributed by atoms with van der Waals surface area (Å²) in [6, 6.07) is 8.07. The van der Waals surface area contributed by atoms with Gasteiger partial charge in [0.2, 0.25) is 0 Å². The zero-order chi connectivity index (χ0) is 12.4. The fraction of sp³-hybridized carbons (Fsp3) is 0.0769. The molecule has 0 aliphatic carbocycles. The van der Waals surface area contributed by atoms with Gasteiger partial charge in [-0.25, -0.2) is 4.79 Å². The van der Waals surface area contributed by atoms with Crippen LogP contribution >= 0.6 is 0 Å². The second kappa shape index (κ2) is 4.25. The lowest BCUT2D eigenvalue weighted by Crippen LogP contribution is -1.95. The summed E-state index contributed by atoms with van der Waals surface area (Å²) in [6.45, 7) is 1.41. The number of aromatic carboxylic acids is 1. The standard InChI is InChI=1S/C13H10O4/c1-8(14)12-6-11(7-17-12)9-3-2-4-10(5-9)13(15)16/h2-7H,1H3,(H,15,16). The van der Waals surface area contributed by atoms with E-state index in [0.29, 0.717) is 11.1 Å². The summed E-state index contributed by atoms with van der Waals surface area (Å²) < 4.78 is 5.08. The molecule has 0 spiro atoms. The Labute approximate surface area is 97.5 Å². The van der Waals surface area contributed by atoms with Crippen LogP contribution in [0.15, 0.2) is 41.0 Å². The highest BCUT2D eigenvalue weighted by molar-refractivity contribution is 5.93. The molecule has 1 aromatic heterocycles. The van der Waals surface area contributed by atoms with Gasteiger partial charge in [-0.2, -0.15) is 0 Å². The molecule has 0 aliphatic heterocycles. The van der Waals surface area contributed by atoms with Crippen molar-refractivity contribution < 1.29 is 19.1 Å². The van der Waals surface area contributed by atoms with Crippen LogP contribution in [0.4, 0.5) is 0 Å². The number of hydrogen-bond acceptors (Lipinski definition) is 3. The van der Waals surface area contributed by atoms with E-state index >= 15 is 0 Å². The molecular formula is C13H10O4. The van der Waals surface area contributed by atoms with E-state index in [1.54, 1.807) is 18.2 Å². The van der Waals surface area contributed by atoms with Crippen molar-refractivity contribution in [2.45, 2.75) is 6.92 Å². The number of furan rings is 1. The first-order chi connectivity index (χ1) is 8.08. The van der Waals surface area contributed by atoms with Gasteiger partial charge < -0.3 is 9.52 Å². The first-order valence-corrected chi connectivity index (χ1v) is 5.01. The van der Waals surface area contributed by atoms with Crippen molar-refractivity contribution in [2.24, 2.45) is 0 Å². The largest absolute Gasteiger partial charge is 0.478 e. The minimum absolute atomic E-state index is 0.161. The number of rotatable bonds is 3. The van der Waals surface area contributed by atoms with Gasteiger partial charge in [0.25, 0.3) is 0 Å². The van der Waals surface area contributed by atoms with Crippen molar-refractivity contribution in [3.63, 3.8) is 0 Å². The van der Waals surface area contributed by atoms with Crippen LogP contribution < -0.4 is 0 Å². The number of carbonyl (C=O) groups excluding carboxylic acids is 1. The van der Waals surface area contributed by atoms with E-state index in [-0.39, 0.29) is 17.1 Å². The SMILES string of the molecule is CC(=O)c1cc(-c2cccc(C(=O)O)c2)co1. The summed E-state index contributed by atoms with van der Waals surface area (Å²) in [5.41, 5.74) is 1.60. The minimum Gasteiger partial charge on any atom is -0.478 e. The normalized spacial score (nSPS) is 10.2. The molecule has 0 fully saturated rings. The number of Topliss-reactive ketones (excluding diaryl/α,β-unsaturated/α-hetero) is 1. The van der Waals surface area contributed by atoms with Crippen LogP contribution in [0.25, 0.3) is 11.1 Å². The zero-order valence-electron chi connectivity index (χ0n) is 9.14. The van der Waals surface area contributed by atoms with Gasteiger partial charge in [0.1, 0.15) is 0 Å². The summed E-state index contributed by atoms with van der Waals surface area (Å²) >= 11 is 0. The lowest BCUT2D eigenvalue weighted by molar-refractivity contribution is 0.0696. The number of ketones is 1. The Bertz CT molecular complexity index is 581. The second-order valence-electron chi connectivity index (χ2n) is 3.64. The topological polar surface area (TPSA) is 67.5 Å². The minimum atomic E-state index is -0.984. The van der Waals surface area contributed by atoms with Crippen molar-refractivity contribution in [3.05, 3.63) is 47.9 Å². The molecule has 17 heavy (non-hydrogen) atoms. The van der Waals surface area contributed by atoms with Crippen molar-refractivity contribution >= 4 is 11.8 Å². The molecule has 0 saturated carbocycles. The van der Waals surface area contributed by atoms with Crippen molar-refractivity contribution in [2.75, 3.05) is 0 Å². The molecule has 1 heterocycles. The molecule has 1 aromatic carbocycles. The predicted octanol–water partition coefficient (Wildman–Crippen LogP) is 2.85. The summed E-state index contributed by atoms with van der Waals surface area (Å²) in [7, 11) is 0. The van der Waals surface area contributed by atoms with E-state index in [2.05, 4.69) is 0 Å². The predicted molar refractivity (Wildman–Crippen MR) is 61.1 cm³/mol. The van der Waals surface area contributed by atoms with E-state index in [0.717, 1.165) is 0 Å². The Balaban J connectivity index is 2.42. The average Bonchev–Trinajstić information content (AvgIpc) is 2.78. The van der Waals surface area contributed by atoms with Gasteiger partial charge in [-0.05, 0) is 23.8 Å². The molecule has 0 unspecified atom stereocenters. The second-order valence-corrected chi connectivity index (χ2v) is 3.64. The molecule has 0 atom stereocenters. The van der Waals surface area contributed by atoms with Crippen LogP contribution in [0.2, 0.25) is 0 Å². The average molecular weight is 230 g/mol. The third kappa shape index (κ3) is 2.25. The molecule has 1 N–H and O–H groups in total. The molecule has 2 rings (SSSR count). The van der Waals surface area contributed by atoms with Gasteiger partial charge in [-0.3, -0.25) is 4.79 Å². The highest BCUT2D eigenvalue weighted by atomic mass is 16.4. The maximum absolute atomic E-state index is 11.1. The Morgan fingerprint density at radius 3 is 2.53 bits per heavy atom. The summed E-state index contributed by atoms with van der Waals surface area (Å²) in [5.74, 6) is -0.881. The Morgan fingerprint density at radius 1 is 1.18 bits per heavy atom. The van der Waals surface area contributed by atoms with Gasteiger partial charge in [0.05, 0.1) is 11.8 Å². The molecule has 86 valence electrons. The van der Waals surface area contributed by atoms with Crippen LogP contribution in [0.3, 0.4) is 0 Å². The van der Waals surface area contributed by atoms with Crippen LogP contribution in [-0.4, -0.2) is 16.9 Å². The maximum atomic E-state index is 11.1. The molecule has 0 amide bonds. The lowest BCUT2D eigenvalue weighted by Gasteiger charge is -1.98. The Kier molecular flexibility index (Phi) is 2.78. The first-order valence-electron chi connectivity index (χ1n) is 5.01. The van der Waals surface area contributed by atoms with Crippen LogP contribution in [0.5, 0.6) is 0 Å². The van der Waals surface area contributed by atoms with Gasteiger partial charge in [0, 0.05) is 12.5 Å². The molecular weight excluding hydrogens is 220 g/mol. The molecule has 0 bridgehead atoms. The highest BCUT2D eigenvalue weighted by Crippen LogP contribution is 2.23. The summed E-state index contributed by atoms with van der Waals surface area (Å²) in [6.07, 6.45) is 1.44. The quantitative estimate of drug-likeness (QED) is 0.823. The highest BCUT2D eigenvalue weighted by Gasteiger charge is 2.09. The third-order valence-corrected chi connectivity index (χ3v) is 2.39. The fourth-order valence-corrected chi connectivity index (χ4v) is 1.50. The Hall–Kier alpha value is -2.36. The van der Waals surface area contributed by atoms with Crippen molar-refractivity contribution in [1.29, 1.82) is 0 Å². The molecule has 0 radical (unpaired) electrons. The molecule has 0 saturated heterocycles. The number of carboxylic acids is 1. The van der Waals surface area contributed by atoms with Gasteiger partial charge >= 0.3 is 5.97 Å². The van der Waals surface area contributed by atoms with Crippen LogP contribution in [0, 0.1) is 0 Å². The zero-order valence-corrected chi connectivity index (χ0v) is 9.14. The molecule has 4 nitrogen and oxygen atoms in total. The Morgan fingerprint density at radius 2 is 1.94 bits per heavy atom. The lowest BCUT2D eigenvalue weighted by atomic mass is 10.1.